The van der Waals surface area contributed by atoms with Gasteiger partial charge in [-0.05, 0) is 38.3 Å². The Morgan fingerprint density at radius 3 is 2.00 bits per heavy atom. The summed E-state index contributed by atoms with van der Waals surface area (Å²) in [5, 5.41) is 0. The number of hydrogen-bond donors (Lipinski definition) is 0. The van der Waals surface area contributed by atoms with Crippen molar-refractivity contribution in [1.82, 2.24) is 4.90 Å². The first-order valence-electron chi connectivity index (χ1n) is 5.09. The van der Waals surface area contributed by atoms with E-state index in [1.165, 1.54) is 19.3 Å². The van der Waals surface area contributed by atoms with Crippen LogP contribution in [0.5, 0.6) is 0 Å². The zero-order valence-corrected chi connectivity index (χ0v) is 9.22. The molecule has 0 N–H and O–H groups in total. The Balaban J connectivity index is 2.64. The summed E-state index contributed by atoms with van der Waals surface area (Å²) in [6.45, 7) is 7.12. The van der Waals surface area contributed by atoms with Crippen molar-refractivity contribution in [2.24, 2.45) is 11.3 Å². The highest BCUT2D eigenvalue weighted by Crippen LogP contribution is 2.40. The average Bonchev–Trinajstić information content (AvgIpc) is 2.30. The number of nitrogens with zero attached hydrogens (tertiary/aromatic N) is 1. The predicted octanol–water partition coefficient (Wildman–Crippen LogP) is 2.76. The van der Waals surface area contributed by atoms with Crippen molar-refractivity contribution in [2.45, 2.75) is 46.1 Å². The summed E-state index contributed by atoms with van der Waals surface area (Å²) in [5.41, 5.74) is 0.492. The van der Waals surface area contributed by atoms with E-state index in [4.69, 9.17) is 0 Å². The van der Waals surface area contributed by atoms with Gasteiger partial charge in [-0.1, -0.05) is 27.2 Å². The fourth-order valence-corrected chi connectivity index (χ4v) is 2.57. The van der Waals surface area contributed by atoms with Gasteiger partial charge in [-0.3, -0.25) is 0 Å². The van der Waals surface area contributed by atoms with Gasteiger partial charge in [0, 0.05) is 6.04 Å². The molecule has 1 saturated carbocycles. The summed E-state index contributed by atoms with van der Waals surface area (Å²) in [5.74, 6) is 0.896. The topological polar surface area (TPSA) is 3.24 Å². The van der Waals surface area contributed by atoms with Gasteiger partial charge in [-0.2, -0.15) is 0 Å². The van der Waals surface area contributed by atoms with Crippen LogP contribution in [0.3, 0.4) is 0 Å². The van der Waals surface area contributed by atoms with Crippen molar-refractivity contribution in [2.75, 3.05) is 14.1 Å². The largest absolute Gasteiger partial charge is 0.306 e. The molecule has 1 nitrogen and oxygen atoms in total. The zero-order chi connectivity index (χ0) is 9.35. The molecule has 0 bridgehead atoms. The molecule has 0 aromatic rings. The van der Waals surface area contributed by atoms with E-state index in [2.05, 4.69) is 39.8 Å². The van der Waals surface area contributed by atoms with Crippen molar-refractivity contribution in [1.29, 1.82) is 0 Å². The second-order valence-corrected chi connectivity index (χ2v) is 5.43. The SMILES string of the molecule is CN(C)C1CCCC1C(C)(C)C. The highest BCUT2D eigenvalue weighted by molar-refractivity contribution is 4.89. The Kier molecular flexibility index (Phi) is 2.82. The van der Waals surface area contributed by atoms with Crippen molar-refractivity contribution < 1.29 is 0 Å². The summed E-state index contributed by atoms with van der Waals surface area (Å²) in [7, 11) is 4.43. The summed E-state index contributed by atoms with van der Waals surface area (Å²) < 4.78 is 0. The lowest BCUT2D eigenvalue weighted by atomic mass is 9.77. The third kappa shape index (κ3) is 2.01. The van der Waals surface area contributed by atoms with E-state index in [-0.39, 0.29) is 0 Å². The summed E-state index contributed by atoms with van der Waals surface area (Å²) in [6.07, 6.45) is 4.24. The number of hydrogen-bond acceptors (Lipinski definition) is 1. The molecule has 0 aromatic carbocycles. The Labute approximate surface area is 77.1 Å². The van der Waals surface area contributed by atoms with Crippen LogP contribution in [0.25, 0.3) is 0 Å². The van der Waals surface area contributed by atoms with Crippen LogP contribution < -0.4 is 0 Å². The van der Waals surface area contributed by atoms with Gasteiger partial charge in [0.15, 0.2) is 0 Å². The van der Waals surface area contributed by atoms with Gasteiger partial charge in [0.05, 0.1) is 0 Å². The molecule has 72 valence electrons. The summed E-state index contributed by atoms with van der Waals surface area (Å²) in [4.78, 5) is 2.41. The minimum atomic E-state index is 0.492. The summed E-state index contributed by atoms with van der Waals surface area (Å²) >= 11 is 0. The fourth-order valence-electron chi connectivity index (χ4n) is 2.57. The predicted molar refractivity (Wildman–Crippen MR) is 54.3 cm³/mol. The minimum absolute atomic E-state index is 0.492. The van der Waals surface area contributed by atoms with Gasteiger partial charge in [-0.15, -0.1) is 0 Å². The normalized spacial score (nSPS) is 31.5. The van der Waals surface area contributed by atoms with E-state index < -0.39 is 0 Å². The van der Waals surface area contributed by atoms with Crippen molar-refractivity contribution in [3.63, 3.8) is 0 Å². The molecule has 0 heterocycles. The van der Waals surface area contributed by atoms with Gasteiger partial charge >= 0.3 is 0 Å². The maximum atomic E-state index is 2.41. The average molecular weight is 169 g/mol. The molecule has 0 aliphatic heterocycles. The van der Waals surface area contributed by atoms with E-state index >= 15 is 0 Å². The lowest BCUT2D eigenvalue weighted by Gasteiger charge is -2.35. The third-order valence-corrected chi connectivity index (χ3v) is 3.26. The molecule has 0 amide bonds. The fraction of sp³-hybridized carbons (Fsp3) is 1.00. The lowest BCUT2D eigenvalue weighted by molar-refractivity contribution is 0.137. The zero-order valence-electron chi connectivity index (χ0n) is 9.22. The van der Waals surface area contributed by atoms with Gasteiger partial charge in [-0.25, -0.2) is 0 Å². The molecule has 2 unspecified atom stereocenters. The van der Waals surface area contributed by atoms with E-state index in [1.807, 2.05) is 0 Å². The molecule has 12 heavy (non-hydrogen) atoms. The molecular weight excluding hydrogens is 146 g/mol. The van der Waals surface area contributed by atoms with Gasteiger partial charge in [0.2, 0.25) is 0 Å². The second kappa shape index (κ2) is 3.37. The highest BCUT2D eigenvalue weighted by atomic mass is 15.1. The molecular formula is C11H23N. The van der Waals surface area contributed by atoms with Crippen LogP contribution >= 0.6 is 0 Å². The van der Waals surface area contributed by atoms with Crippen LogP contribution in [0.2, 0.25) is 0 Å². The first-order valence-corrected chi connectivity index (χ1v) is 5.09. The van der Waals surface area contributed by atoms with E-state index in [9.17, 15) is 0 Å². The minimum Gasteiger partial charge on any atom is -0.306 e. The van der Waals surface area contributed by atoms with Crippen LogP contribution in [0.15, 0.2) is 0 Å². The Bertz CT molecular complexity index is 144. The molecule has 2 atom stereocenters. The summed E-state index contributed by atoms with van der Waals surface area (Å²) in [6, 6.07) is 0.824. The van der Waals surface area contributed by atoms with E-state index in [1.54, 1.807) is 0 Å². The molecule has 1 fully saturated rings. The Morgan fingerprint density at radius 1 is 1.08 bits per heavy atom. The van der Waals surface area contributed by atoms with Crippen LogP contribution in [0.4, 0.5) is 0 Å². The quantitative estimate of drug-likeness (QED) is 0.583. The highest BCUT2D eigenvalue weighted by Gasteiger charge is 2.36. The first-order chi connectivity index (χ1) is 5.43. The second-order valence-electron chi connectivity index (χ2n) is 5.43. The van der Waals surface area contributed by atoms with Crippen LogP contribution in [0, 0.1) is 11.3 Å². The monoisotopic (exact) mass is 169 g/mol. The maximum Gasteiger partial charge on any atom is 0.0122 e. The molecule has 1 aliphatic carbocycles. The van der Waals surface area contributed by atoms with Crippen molar-refractivity contribution in [3.05, 3.63) is 0 Å². The van der Waals surface area contributed by atoms with Crippen molar-refractivity contribution in [3.8, 4) is 0 Å². The number of rotatable bonds is 1. The standard InChI is InChI=1S/C11H23N/c1-11(2,3)9-7-6-8-10(9)12(4)5/h9-10H,6-8H2,1-5H3. The van der Waals surface area contributed by atoms with Gasteiger partial charge < -0.3 is 4.90 Å². The molecule has 0 saturated heterocycles. The molecule has 0 aromatic heterocycles. The maximum absolute atomic E-state index is 2.41. The molecule has 1 aliphatic rings. The molecule has 1 rings (SSSR count). The van der Waals surface area contributed by atoms with Crippen LogP contribution in [-0.4, -0.2) is 25.0 Å². The smallest absolute Gasteiger partial charge is 0.0122 e. The van der Waals surface area contributed by atoms with Gasteiger partial charge in [0.25, 0.3) is 0 Å². The van der Waals surface area contributed by atoms with E-state index in [0.717, 1.165) is 12.0 Å². The van der Waals surface area contributed by atoms with Crippen molar-refractivity contribution >= 4 is 0 Å². The van der Waals surface area contributed by atoms with E-state index in [0.29, 0.717) is 5.41 Å². The van der Waals surface area contributed by atoms with Gasteiger partial charge in [0.1, 0.15) is 0 Å². The van der Waals surface area contributed by atoms with Crippen LogP contribution in [-0.2, 0) is 0 Å². The first kappa shape index (κ1) is 10.0. The van der Waals surface area contributed by atoms with Crippen LogP contribution in [0.1, 0.15) is 40.0 Å². The third-order valence-electron chi connectivity index (χ3n) is 3.26. The Morgan fingerprint density at radius 2 is 1.67 bits per heavy atom. The lowest BCUT2D eigenvalue weighted by Crippen LogP contribution is -2.37. The Hall–Kier alpha value is -0.0400. The molecule has 1 heteroatoms. The molecule has 0 spiro atoms. The molecule has 0 radical (unpaired) electrons.